The molecule has 1 saturated carbocycles. The molecule has 0 aliphatic heterocycles. The second-order valence-corrected chi connectivity index (χ2v) is 4.86. The van der Waals surface area contributed by atoms with Crippen molar-refractivity contribution in [2.45, 2.75) is 38.6 Å². The monoisotopic (exact) mass is 238 g/mol. The van der Waals surface area contributed by atoms with E-state index in [1.807, 2.05) is 11.9 Å². The molecule has 0 saturated heterocycles. The van der Waals surface area contributed by atoms with Crippen molar-refractivity contribution in [2.24, 2.45) is 5.92 Å². The van der Waals surface area contributed by atoms with E-state index in [-0.39, 0.29) is 5.69 Å². The fraction of sp³-hybridized carbons (Fsp3) is 0.667. The zero-order valence-electron chi connectivity index (χ0n) is 10.2. The van der Waals surface area contributed by atoms with Crippen LogP contribution in [0.5, 0.6) is 0 Å². The van der Waals surface area contributed by atoms with E-state index in [2.05, 4.69) is 11.9 Å². The largest absolute Gasteiger partial charge is 0.476 e. The lowest BCUT2D eigenvalue weighted by atomic mass is 9.86. The minimum atomic E-state index is -1.05. The number of carbonyl (C=O) groups is 1. The smallest absolute Gasteiger partial charge is 0.357 e. The van der Waals surface area contributed by atoms with Crippen LogP contribution in [0.15, 0.2) is 10.7 Å². The first-order chi connectivity index (χ1) is 8.08. The van der Waals surface area contributed by atoms with Crippen molar-refractivity contribution in [1.82, 2.24) is 4.98 Å². The number of aromatic carboxylic acids is 1. The third-order valence-electron chi connectivity index (χ3n) is 3.47. The average molecular weight is 238 g/mol. The summed E-state index contributed by atoms with van der Waals surface area (Å²) in [6, 6.07) is 0.806. The standard InChI is InChI=1S/C12H18N2O3/c1-8-4-3-5-9(6-8)14(2)12-13-10(7-17-12)11(15)16/h7-9H,3-6H2,1-2H3,(H,15,16). The van der Waals surface area contributed by atoms with E-state index in [0.29, 0.717) is 18.0 Å². The number of carboxylic acid groups (broad SMARTS) is 1. The van der Waals surface area contributed by atoms with Gasteiger partial charge in [0.2, 0.25) is 0 Å². The highest BCUT2D eigenvalue weighted by molar-refractivity contribution is 5.85. The Bertz CT molecular complexity index is 402. The van der Waals surface area contributed by atoms with Crippen molar-refractivity contribution in [3.05, 3.63) is 12.0 Å². The average Bonchev–Trinajstić information content (AvgIpc) is 2.77. The van der Waals surface area contributed by atoms with Crippen molar-refractivity contribution >= 4 is 12.0 Å². The van der Waals surface area contributed by atoms with Crippen molar-refractivity contribution in [3.63, 3.8) is 0 Å². The molecule has 5 heteroatoms. The summed E-state index contributed by atoms with van der Waals surface area (Å²) < 4.78 is 5.21. The van der Waals surface area contributed by atoms with Gasteiger partial charge in [0.05, 0.1) is 0 Å². The molecule has 1 aliphatic rings. The zero-order chi connectivity index (χ0) is 12.4. The molecule has 2 rings (SSSR count). The molecule has 17 heavy (non-hydrogen) atoms. The molecule has 2 atom stereocenters. The summed E-state index contributed by atoms with van der Waals surface area (Å²) >= 11 is 0. The predicted molar refractivity (Wildman–Crippen MR) is 63.3 cm³/mol. The number of aromatic nitrogens is 1. The van der Waals surface area contributed by atoms with Gasteiger partial charge in [0.15, 0.2) is 5.69 Å². The van der Waals surface area contributed by atoms with Gasteiger partial charge in [-0.15, -0.1) is 0 Å². The van der Waals surface area contributed by atoms with Crippen LogP contribution < -0.4 is 4.90 Å². The Balaban J connectivity index is 2.07. The Kier molecular flexibility index (Phi) is 3.36. The van der Waals surface area contributed by atoms with Gasteiger partial charge in [0.1, 0.15) is 6.26 Å². The molecule has 1 N–H and O–H groups in total. The summed E-state index contributed by atoms with van der Waals surface area (Å²) in [4.78, 5) is 16.7. The number of rotatable bonds is 3. The molecule has 1 fully saturated rings. The maximum absolute atomic E-state index is 10.7. The normalized spacial score (nSPS) is 24.6. The predicted octanol–water partition coefficient (Wildman–Crippen LogP) is 2.39. The van der Waals surface area contributed by atoms with E-state index in [9.17, 15) is 4.79 Å². The summed E-state index contributed by atoms with van der Waals surface area (Å²) in [5, 5.41) is 8.79. The van der Waals surface area contributed by atoms with Gasteiger partial charge in [-0.2, -0.15) is 4.98 Å². The highest BCUT2D eigenvalue weighted by atomic mass is 16.4. The fourth-order valence-electron chi connectivity index (χ4n) is 2.43. The molecule has 1 aromatic heterocycles. The highest BCUT2D eigenvalue weighted by Crippen LogP contribution is 2.29. The van der Waals surface area contributed by atoms with E-state index in [1.165, 1.54) is 19.1 Å². The third kappa shape index (κ3) is 2.60. The van der Waals surface area contributed by atoms with Crippen LogP contribution in [0.25, 0.3) is 0 Å². The molecule has 0 amide bonds. The topological polar surface area (TPSA) is 66.6 Å². The number of anilines is 1. The van der Waals surface area contributed by atoms with Crippen LogP contribution >= 0.6 is 0 Å². The maximum atomic E-state index is 10.7. The third-order valence-corrected chi connectivity index (χ3v) is 3.47. The van der Waals surface area contributed by atoms with Crippen LogP contribution in [0.4, 0.5) is 6.01 Å². The number of oxazole rings is 1. The lowest BCUT2D eigenvalue weighted by molar-refractivity contribution is 0.0690. The molecule has 1 aromatic rings. The second kappa shape index (κ2) is 4.77. The molecule has 1 aliphatic carbocycles. The fourth-order valence-corrected chi connectivity index (χ4v) is 2.43. The molecule has 0 spiro atoms. The van der Waals surface area contributed by atoms with Gasteiger partial charge in [-0.25, -0.2) is 4.79 Å². The van der Waals surface area contributed by atoms with Gasteiger partial charge in [0.25, 0.3) is 6.01 Å². The maximum Gasteiger partial charge on any atom is 0.357 e. The Morgan fingerprint density at radius 1 is 1.59 bits per heavy atom. The van der Waals surface area contributed by atoms with Gasteiger partial charge in [-0.1, -0.05) is 19.8 Å². The summed E-state index contributed by atoms with van der Waals surface area (Å²) in [5.41, 5.74) is -0.0318. The Hall–Kier alpha value is -1.52. The van der Waals surface area contributed by atoms with Crippen molar-refractivity contribution in [2.75, 3.05) is 11.9 Å². The quantitative estimate of drug-likeness (QED) is 0.875. The van der Waals surface area contributed by atoms with Gasteiger partial charge < -0.3 is 14.4 Å². The van der Waals surface area contributed by atoms with Crippen LogP contribution in [0, 0.1) is 5.92 Å². The van der Waals surface area contributed by atoms with Crippen LogP contribution in [0.1, 0.15) is 43.1 Å². The number of hydrogen-bond donors (Lipinski definition) is 1. The zero-order valence-corrected chi connectivity index (χ0v) is 10.2. The minimum absolute atomic E-state index is 0.0318. The Labute approximate surface area is 100 Å². The molecule has 0 bridgehead atoms. The molecule has 2 unspecified atom stereocenters. The van der Waals surface area contributed by atoms with Crippen LogP contribution in [-0.2, 0) is 0 Å². The first-order valence-corrected chi connectivity index (χ1v) is 5.99. The van der Waals surface area contributed by atoms with E-state index >= 15 is 0 Å². The molecular formula is C12H18N2O3. The van der Waals surface area contributed by atoms with Gasteiger partial charge in [-0.05, 0) is 18.8 Å². The Morgan fingerprint density at radius 2 is 2.35 bits per heavy atom. The second-order valence-electron chi connectivity index (χ2n) is 4.86. The van der Waals surface area contributed by atoms with Gasteiger partial charge in [-0.3, -0.25) is 0 Å². The number of carboxylic acids is 1. The number of hydrogen-bond acceptors (Lipinski definition) is 4. The van der Waals surface area contributed by atoms with E-state index in [0.717, 1.165) is 12.8 Å². The van der Waals surface area contributed by atoms with E-state index in [4.69, 9.17) is 9.52 Å². The minimum Gasteiger partial charge on any atom is -0.476 e. The van der Waals surface area contributed by atoms with Crippen LogP contribution in [-0.4, -0.2) is 29.1 Å². The van der Waals surface area contributed by atoms with E-state index < -0.39 is 5.97 Å². The lowest BCUT2D eigenvalue weighted by Crippen LogP contribution is -2.35. The van der Waals surface area contributed by atoms with Crippen molar-refractivity contribution < 1.29 is 14.3 Å². The van der Waals surface area contributed by atoms with Crippen LogP contribution in [0.3, 0.4) is 0 Å². The van der Waals surface area contributed by atoms with Crippen LogP contribution in [0.2, 0.25) is 0 Å². The van der Waals surface area contributed by atoms with Gasteiger partial charge in [0, 0.05) is 13.1 Å². The number of nitrogens with zero attached hydrogens (tertiary/aromatic N) is 2. The SMILES string of the molecule is CC1CCCC(N(C)c2nc(C(=O)O)co2)C1. The molecule has 5 nitrogen and oxygen atoms in total. The van der Waals surface area contributed by atoms with Gasteiger partial charge >= 0.3 is 5.97 Å². The Morgan fingerprint density at radius 3 is 2.94 bits per heavy atom. The molecular weight excluding hydrogens is 220 g/mol. The summed E-state index contributed by atoms with van der Waals surface area (Å²) in [7, 11) is 1.92. The highest BCUT2D eigenvalue weighted by Gasteiger charge is 2.25. The lowest BCUT2D eigenvalue weighted by Gasteiger charge is -2.33. The van der Waals surface area contributed by atoms with Crippen molar-refractivity contribution in [1.29, 1.82) is 0 Å². The molecule has 0 radical (unpaired) electrons. The van der Waals surface area contributed by atoms with Crippen molar-refractivity contribution in [3.8, 4) is 0 Å². The summed E-state index contributed by atoms with van der Waals surface area (Å²) in [5.74, 6) is -0.337. The molecule has 0 aromatic carbocycles. The molecule has 94 valence electrons. The summed E-state index contributed by atoms with van der Waals surface area (Å²) in [6.07, 6.45) is 5.91. The molecule has 1 heterocycles. The van der Waals surface area contributed by atoms with E-state index in [1.54, 1.807) is 0 Å². The first kappa shape index (κ1) is 12.0. The summed E-state index contributed by atoms with van der Waals surface area (Å²) in [6.45, 7) is 2.25. The first-order valence-electron chi connectivity index (χ1n) is 5.99.